The second-order valence-electron chi connectivity index (χ2n) is 5.19. The molecule has 0 radical (unpaired) electrons. The maximum Gasteiger partial charge on any atom is 0.282 e. The molecule has 0 fully saturated rings. The van der Waals surface area contributed by atoms with Gasteiger partial charge in [-0.3, -0.25) is 24.8 Å². The van der Waals surface area contributed by atoms with Crippen LogP contribution in [0.3, 0.4) is 0 Å². The van der Waals surface area contributed by atoms with Gasteiger partial charge in [-0.2, -0.15) is 0 Å². The van der Waals surface area contributed by atoms with Crippen LogP contribution in [0.4, 0.5) is 5.69 Å². The number of nitrogens with zero attached hydrogens (tertiary/aromatic N) is 3. The van der Waals surface area contributed by atoms with Crippen LogP contribution in [0.2, 0.25) is 0 Å². The first kappa shape index (κ1) is 14.9. The molecule has 23 heavy (non-hydrogen) atoms. The average molecular weight is 309 g/mol. The van der Waals surface area contributed by atoms with E-state index in [1.54, 1.807) is 12.1 Å². The summed E-state index contributed by atoms with van der Waals surface area (Å²) in [6, 6.07) is 15.7. The van der Waals surface area contributed by atoms with Crippen LogP contribution in [-0.2, 0) is 6.42 Å². The van der Waals surface area contributed by atoms with Gasteiger partial charge in [0, 0.05) is 19.0 Å². The summed E-state index contributed by atoms with van der Waals surface area (Å²) in [6.45, 7) is 0.974. The van der Waals surface area contributed by atoms with E-state index in [1.807, 2.05) is 30.3 Å². The number of amidine groups is 1. The predicted molar refractivity (Wildman–Crippen MR) is 86.6 cm³/mol. The summed E-state index contributed by atoms with van der Waals surface area (Å²) in [5.41, 5.74) is 0.970. The van der Waals surface area contributed by atoms with E-state index in [4.69, 9.17) is 0 Å². The monoisotopic (exact) mass is 309 g/mol. The molecular formula is C17H15N3O3. The van der Waals surface area contributed by atoms with E-state index >= 15 is 0 Å². The van der Waals surface area contributed by atoms with Crippen molar-refractivity contribution in [1.82, 2.24) is 4.90 Å². The molecule has 116 valence electrons. The molecule has 2 aromatic rings. The highest BCUT2D eigenvalue weighted by Crippen LogP contribution is 2.21. The van der Waals surface area contributed by atoms with Gasteiger partial charge in [-0.05, 0) is 11.6 Å². The Labute approximate surface area is 133 Å². The molecule has 0 saturated heterocycles. The van der Waals surface area contributed by atoms with E-state index in [2.05, 4.69) is 4.99 Å². The van der Waals surface area contributed by atoms with Gasteiger partial charge in [0.05, 0.1) is 11.5 Å². The SMILES string of the molecule is O=C(c1ccccc1[N+](=O)[O-])N1CCN=C1Cc1ccccc1. The lowest BCUT2D eigenvalue weighted by Gasteiger charge is -2.18. The molecule has 3 rings (SSSR count). The predicted octanol–water partition coefficient (Wildman–Crippen LogP) is 2.69. The number of nitro benzene ring substituents is 1. The fourth-order valence-corrected chi connectivity index (χ4v) is 2.60. The first-order chi connectivity index (χ1) is 11.2. The molecule has 1 amide bonds. The van der Waals surface area contributed by atoms with Crippen LogP contribution in [0.25, 0.3) is 0 Å². The minimum absolute atomic E-state index is 0.0974. The Balaban J connectivity index is 1.85. The second kappa shape index (κ2) is 6.39. The number of hydrogen-bond acceptors (Lipinski definition) is 4. The minimum Gasteiger partial charge on any atom is -0.294 e. The van der Waals surface area contributed by atoms with E-state index in [0.29, 0.717) is 25.3 Å². The second-order valence-corrected chi connectivity index (χ2v) is 5.19. The van der Waals surface area contributed by atoms with Gasteiger partial charge in [0.2, 0.25) is 0 Å². The van der Waals surface area contributed by atoms with Crippen molar-refractivity contribution in [2.24, 2.45) is 4.99 Å². The average Bonchev–Trinajstić information content (AvgIpc) is 3.03. The van der Waals surface area contributed by atoms with Crippen molar-refractivity contribution in [3.8, 4) is 0 Å². The van der Waals surface area contributed by atoms with Crippen molar-refractivity contribution in [2.75, 3.05) is 13.1 Å². The zero-order valence-electron chi connectivity index (χ0n) is 12.4. The number of nitro groups is 1. The summed E-state index contributed by atoms with van der Waals surface area (Å²) in [4.78, 5) is 29.2. The third-order valence-corrected chi connectivity index (χ3v) is 3.71. The topological polar surface area (TPSA) is 75.8 Å². The van der Waals surface area contributed by atoms with Crippen LogP contribution in [-0.4, -0.2) is 34.7 Å². The first-order valence-corrected chi connectivity index (χ1v) is 7.29. The quantitative estimate of drug-likeness (QED) is 0.643. The molecule has 1 aliphatic rings. The Morgan fingerprint density at radius 3 is 2.57 bits per heavy atom. The summed E-state index contributed by atoms with van der Waals surface area (Å²) in [5, 5.41) is 11.1. The van der Waals surface area contributed by atoms with Crippen molar-refractivity contribution in [3.05, 3.63) is 75.8 Å². The van der Waals surface area contributed by atoms with Gasteiger partial charge in [0.15, 0.2) is 0 Å². The number of carbonyl (C=O) groups excluding carboxylic acids is 1. The van der Waals surface area contributed by atoms with Gasteiger partial charge in [0.1, 0.15) is 11.4 Å². The van der Waals surface area contributed by atoms with Crippen molar-refractivity contribution < 1.29 is 9.72 Å². The zero-order chi connectivity index (χ0) is 16.2. The molecule has 0 unspecified atom stereocenters. The Morgan fingerprint density at radius 2 is 1.83 bits per heavy atom. The third-order valence-electron chi connectivity index (χ3n) is 3.71. The molecule has 0 N–H and O–H groups in total. The van der Waals surface area contributed by atoms with E-state index < -0.39 is 4.92 Å². The normalized spacial score (nSPS) is 13.7. The highest BCUT2D eigenvalue weighted by molar-refractivity contribution is 6.09. The summed E-state index contributed by atoms with van der Waals surface area (Å²) in [6.07, 6.45) is 0.535. The fraction of sp³-hybridized carbons (Fsp3) is 0.176. The summed E-state index contributed by atoms with van der Waals surface area (Å²) >= 11 is 0. The molecule has 0 aliphatic carbocycles. The fourth-order valence-electron chi connectivity index (χ4n) is 2.60. The number of rotatable bonds is 4. The van der Waals surface area contributed by atoms with Gasteiger partial charge in [-0.15, -0.1) is 0 Å². The van der Waals surface area contributed by atoms with Crippen LogP contribution < -0.4 is 0 Å². The van der Waals surface area contributed by atoms with Crippen LogP contribution in [0.1, 0.15) is 15.9 Å². The number of para-hydroxylation sites is 1. The van der Waals surface area contributed by atoms with Gasteiger partial charge in [0.25, 0.3) is 11.6 Å². The number of hydrogen-bond donors (Lipinski definition) is 0. The van der Waals surface area contributed by atoms with Gasteiger partial charge < -0.3 is 0 Å². The first-order valence-electron chi connectivity index (χ1n) is 7.29. The maximum absolute atomic E-state index is 12.7. The molecule has 1 heterocycles. The molecular weight excluding hydrogens is 294 g/mol. The van der Waals surface area contributed by atoms with Gasteiger partial charge in [-0.25, -0.2) is 0 Å². The summed E-state index contributed by atoms with van der Waals surface area (Å²) < 4.78 is 0. The molecule has 0 bridgehead atoms. The van der Waals surface area contributed by atoms with E-state index in [-0.39, 0.29) is 17.2 Å². The van der Waals surface area contributed by atoms with Gasteiger partial charge in [-0.1, -0.05) is 42.5 Å². The Hall–Kier alpha value is -3.02. The van der Waals surface area contributed by atoms with Crippen LogP contribution >= 0.6 is 0 Å². The third kappa shape index (κ3) is 3.11. The van der Waals surface area contributed by atoms with E-state index in [1.165, 1.54) is 17.0 Å². The molecule has 6 heteroatoms. The zero-order valence-corrected chi connectivity index (χ0v) is 12.4. The summed E-state index contributed by atoms with van der Waals surface area (Å²) in [7, 11) is 0. The van der Waals surface area contributed by atoms with Crippen LogP contribution in [0.5, 0.6) is 0 Å². The maximum atomic E-state index is 12.7. The molecule has 6 nitrogen and oxygen atoms in total. The van der Waals surface area contributed by atoms with Gasteiger partial charge >= 0.3 is 0 Å². The molecule has 2 aromatic carbocycles. The largest absolute Gasteiger partial charge is 0.294 e. The standard InChI is InChI=1S/C17H15N3O3/c21-17(14-8-4-5-9-15(14)20(22)23)19-11-10-18-16(19)12-13-6-2-1-3-7-13/h1-9H,10-12H2. The minimum atomic E-state index is -0.530. The number of aliphatic imine (C=N–C) groups is 1. The van der Waals surface area contributed by atoms with Crippen LogP contribution in [0, 0.1) is 10.1 Å². The number of carbonyl (C=O) groups is 1. The molecule has 0 saturated carbocycles. The van der Waals surface area contributed by atoms with Crippen molar-refractivity contribution >= 4 is 17.4 Å². The lowest BCUT2D eigenvalue weighted by Crippen LogP contribution is -2.35. The lowest BCUT2D eigenvalue weighted by molar-refractivity contribution is -0.385. The van der Waals surface area contributed by atoms with E-state index in [9.17, 15) is 14.9 Å². The van der Waals surface area contributed by atoms with Crippen molar-refractivity contribution in [3.63, 3.8) is 0 Å². The molecule has 0 spiro atoms. The molecule has 0 aromatic heterocycles. The number of amides is 1. The number of benzene rings is 2. The van der Waals surface area contributed by atoms with Crippen molar-refractivity contribution in [2.45, 2.75) is 6.42 Å². The molecule has 0 atom stereocenters. The van der Waals surface area contributed by atoms with Crippen LogP contribution in [0.15, 0.2) is 59.6 Å². The van der Waals surface area contributed by atoms with Crippen molar-refractivity contribution in [1.29, 1.82) is 0 Å². The summed E-state index contributed by atoms with van der Waals surface area (Å²) in [5.74, 6) is 0.281. The lowest BCUT2D eigenvalue weighted by atomic mass is 10.1. The van der Waals surface area contributed by atoms with E-state index in [0.717, 1.165) is 5.56 Å². The Kier molecular flexibility index (Phi) is 4.14. The molecule has 1 aliphatic heterocycles. The smallest absolute Gasteiger partial charge is 0.282 e. The Bertz CT molecular complexity index is 772. The highest BCUT2D eigenvalue weighted by atomic mass is 16.6. The Morgan fingerprint density at radius 1 is 1.13 bits per heavy atom. The highest BCUT2D eigenvalue weighted by Gasteiger charge is 2.29.